The summed E-state index contributed by atoms with van der Waals surface area (Å²) in [6.07, 6.45) is 3.56. The van der Waals surface area contributed by atoms with Gasteiger partial charge < -0.3 is 8.98 Å². The summed E-state index contributed by atoms with van der Waals surface area (Å²) < 4.78 is 9.47. The van der Waals surface area contributed by atoms with Crippen molar-refractivity contribution in [1.82, 2.24) is 14.5 Å². The van der Waals surface area contributed by atoms with Crippen molar-refractivity contribution >= 4 is 65.3 Å². The topological polar surface area (TPSA) is 43.9 Å². The van der Waals surface area contributed by atoms with Crippen LogP contribution in [0.3, 0.4) is 0 Å². The van der Waals surface area contributed by atoms with Crippen molar-refractivity contribution < 1.29 is 4.42 Å². The summed E-state index contributed by atoms with van der Waals surface area (Å²) in [5.41, 5.74) is 8.35. The number of fused-ring (bicyclic) bond motifs is 12. The van der Waals surface area contributed by atoms with E-state index in [0.717, 1.165) is 55.0 Å². The third-order valence-corrected chi connectivity index (χ3v) is 9.29. The first kappa shape index (κ1) is 25.1. The van der Waals surface area contributed by atoms with Crippen LogP contribution in [0.5, 0.6) is 0 Å². The molecule has 0 atom stereocenters. The van der Waals surface area contributed by atoms with E-state index in [-0.39, 0.29) is 0 Å². The zero-order chi connectivity index (χ0) is 30.2. The van der Waals surface area contributed by atoms with Crippen molar-refractivity contribution in [3.63, 3.8) is 0 Å². The number of hydrogen-bond donors (Lipinski definition) is 0. The Morgan fingerprint density at radius 2 is 1.15 bits per heavy atom. The molecule has 0 fully saturated rings. The first-order chi connectivity index (χ1) is 22.8. The van der Waals surface area contributed by atoms with Gasteiger partial charge in [-0.05, 0) is 57.6 Å². The third kappa shape index (κ3) is 3.49. The van der Waals surface area contributed by atoms with E-state index in [1.807, 2.05) is 12.1 Å². The summed E-state index contributed by atoms with van der Waals surface area (Å²) in [7, 11) is 0. The molecule has 0 aliphatic carbocycles. The van der Waals surface area contributed by atoms with Crippen LogP contribution in [0.4, 0.5) is 0 Å². The maximum Gasteiger partial charge on any atom is 0.162 e. The monoisotopic (exact) mass is 587 g/mol. The fraction of sp³-hybridized carbons (Fsp3) is 0. The van der Waals surface area contributed by atoms with Crippen LogP contribution in [-0.2, 0) is 0 Å². The van der Waals surface area contributed by atoms with Crippen LogP contribution in [0.25, 0.3) is 93.5 Å². The predicted molar refractivity (Wildman–Crippen MR) is 190 cm³/mol. The smallest absolute Gasteiger partial charge is 0.162 e. The zero-order valence-corrected chi connectivity index (χ0v) is 24.7. The molecule has 46 heavy (non-hydrogen) atoms. The molecule has 0 saturated heterocycles. The molecular weight excluding hydrogens is 562 g/mol. The molecule has 0 amide bonds. The van der Waals surface area contributed by atoms with Crippen molar-refractivity contribution in [2.24, 2.45) is 0 Å². The highest BCUT2D eigenvalue weighted by molar-refractivity contribution is 6.38. The van der Waals surface area contributed by atoms with Gasteiger partial charge in [0, 0.05) is 39.6 Å². The van der Waals surface area contributed by atoms with Crippen LogP contribution in [0, 0.1) is 0 Å². The number of hydrogen-bond acceptors (Lipinski definition) is 3. The van der Waals surface area contributed by atoms with Gasteiger partial charge in [0.05, 0.1) is 22.0 Å². The lowest BCUT2D eigenvalue weighted by molar-refractivity contribution is 0.673. The lowest BCUT2D eigenvalue weighted by atomic mass is 9.97. The molecule has 0 bridgehead atoms. The van der Waals surface area contributed by atoms with Crippen molar-refractivity contribution in [3.8, 4) is 28.2 Å². The van der Waals surface area contributed by atoms with Crippen molar-refractivity contribution in [2.75, 3.05) is 0 Å². The van der Waals surface area contributed by atoms with E-state index >= 15 is 0 Å². The fourth-order valence-electron chi connectivity index (χ4n) is 7.32. The highest BCUT2D eigenvalue weighted by Gasteiger charge is 2.25. The summed E-state index contributed by atoms with van der Waals surface area (Å²) in [5, 5.41) is 9.22. The van der Waals surface area contributed by atoms with Crippen LogP contribution >= 0.6 is 0 Å². The van der Waals surface area contributed by atoms with E-state index in [4.69, 9.17) is 4.42 Å². The summed E-state index contributed by atoms with van der Waals surface area (Å²) in [4.78, 5) is 9.16. The molecule has 3 aromatic heterocycles. The number of furan rings is 1. The maximum absolute atomic E-state index is 7.05. The van der Waals surface area contributed by atoms with Crippen LogP contribution in [-0.4, -0.2) is 14.5 Å². The minimum absolute atomic E-state index is 0.652. The number of nitrogens with zero attached hydrogens (tertiary/aromatic N) is 3. The molecule has 0 aliphatic rings. The Morgan fingerprint density at radius 3 is 1.98 bits per heavy atom. The zero-order valence-electron chi connectivity index (χ0n) is 24.7. The molecule has 4 nitrogen and oxygen atoms in total. The molecule has 10 rings (SSSR count). The van der Waals surface area contributed by atoms with Gasteiger partial charge >= 0.3 is 0 Å². The molecule has 4 heteroatoms. The third-order valence-electron chi connectivity index (χ3n) is 9.29. The lowest BCUT2D eigenvalue weighted by Crippen LogP contribution is -1.95. The Bertz CT molecular complexity index is 2780. The predicted octanol–water partition coefficient (Wildman–Crippen LogP) is 11.1. The second-order valence-corrected chi connectivity index (χ2v) is 11.8. The lowest BCUT2D eigenvalue weighted by Gasteiger charge is -2.12. The second-order valence-electron chi connectivity index (χ2n) is 11.8. The summed E-state index contributed by atoms with van der Waals surface area (Å²) in [6.45, 7) is 0. The molecule has 0 spiro atoms. The largest absolute Gasteiger partial charge is 0.455 e. The number of para-hydroxylation sites is 1. The van der Waals surface area contributed by atoms with Gasteiger partial charge in [-0.3, -0.25) is 0 Å². The van der Waals surface area contributed by atoms with Crippen molar-refractivity contribution in [2.45, 2.75) is 0 Å². The Hall–Kier alpha value is -6.26. The van der Waals surface area contributed by atoms with E-state index in [1.54, 1.807) is 12.4 Å². The van der Waals surface area contributed by atoms with Crippen LogP contribution in [0.1, 0.15) is 0 Å². The SMILES string of the molecule is c1ccc(-c2ccc(-n3c4ccc5ccccc5c4c4c5oc6c(-c7ncccn7)cccc6c5c5ccccc5c43)cc2)cc1. The minimum atomic E-state index is 0.652. The van der Waals surface area contributed by atoms with E-state index in [2.05, 4.69) is 142 Å². The van der Waals surface area contributed by atoms with Crippen molar-refractivity contribution in [1.29, 1.82) is 0 Å². The second kappa shape index (κ2) is 9.62. The number of aromatic nitrogens is 3. The van der Waals surface area contributed by atoms with Crippen molar-refractivity contribution in [3.05, 3.63) is 152 Å². The molecule has 0 saturated carbocycles. The van der Waals surface area contributed by atoms with Crippen LogP contribution in [0.15, 0.2) is 156 Å². The average Bonchev–Trinajstić information content (AvgIpc) is 3.70. The summed E-state index contributed by atoms with van der Waals surface area (Å²) in [5.74, 6) is 0.652. The van der Waals surface area contributed by atoms with Crippen LogP contribution < -0.4 is 0 Å². The highest BCUT2D eigenvalue weighted by Crippen LogP contribution is 2.48. The van der Waals surface area contributed by atoms with E-state index < -0.39 is 0 Å². The van der Waals surface area contributed by atoms with Gasteiger partial charge in [0.2, 0.25) is 0 Å². The molecule has 10 aromatic rings. The minimum Gasteiger partial charge on any atom is -0.455 e. The van der Waals surface area contributed by atoms with Gasteiger partial charge in [-0.2, -0.15) is 0 Å². The molecule has 7 aromatic carbocycles. The Morgan fingerprint density at radius 1 is 0.457 bits per heavy atom. The first-order valence-corrected chi connectivity index (χ1v) is 15.5. The molecule has 0 aliphatic heterocycles. The first-order valence-electron chi connectivity index (χ1n) is 15.5. The molecular formula is C42H25N3O. The molecule has 0 radical (unpaired) electrons. The molecule has 214 valence electrons. The Balaban J connectivity index is 1.41. The van der Waals surface area contributed by atoms with Gasteiger partial charge in [-0.25, -0.2) is 9.97 Å². The standard InChI is InChI=1S/C42H25N3O/c1-2-10-26(11-3-1)27-18-21-29(22-19-27)45-35-23-20-28-12-4-5-13-30(28)37(35)38-39(45)32-15-7-6-14-31(32)36-33-16-8-17-34(40(33)46-41(36)38)42-43-24-9-25-44-42/h1-25H. The van der Waals surface area contributed by atoms with Gasteiger partial charge in [-0.15, -0.1) is 0 Å². The van der Waals surface area contributed by atoms with E-state index in [1.165, 1.54) is 32.7 Å². The normalized spacial score (nSPS) is 11.9. The molecule has 3 heterocycles. The fourth-order valence-corrected chi connectivity index (χ4v) is 7.32. The highest BCUT2D eigenvalue weighted by atomic mass is 16.3. The molecule has 0 unspecified atom stereocenters. The van der Waals surface area contributed by atoms with Gasteiger partial charge in [0.25, 0.3) is 0 Å². The number of benzene rings is 7. The van der Waals surface area contributed by atoms with Gasteiger partial charge in [0.1, 0.15) is 11.2 Å². The van der Waals surface area contributed by atoms with E-state index in [0.29, 0.717) is 5.82 Å². The van der Waals surface area contributed by atoms with Crippen LogP contribution in [0.2, 0.25) is 0 Å². The Labute approximate surface area is 263 Å². The Kier molecular flexibility index (Phi) is 5.25. The average molecular weight is 588 g/mol. The summed E-state index contributed by atoms with van der Waals surface area (Å²) in [6, 6.07) is 49.4. The molecule has 0 N–H and O–H groups in total. The van der Waals surface area contributed by atoms with Gasteiger partial charge in [0.15, 0.2) is 5.82 Å². The summed E-state index contributed by atoms with van der Waals surface area (Å²) >= 11 is 0. The number of rotatable bonds is 3. The quantitative estimate of drug-likeness (QED) is 0.207. The van der Waals surface area contributed by atoms with Gasteiger partial charge in [-0.1, -0.05) is 109 Å². The maximum atomic E-state index is 7.05. The van der Waals surface area contributed by atoms with E-state index in [9.17, 15) is 0 Å².